The Kier molecular flexibility index (Phi) is 2.60. The van der Waals surface area contributed by atoms with E-state index in [0.717, 1.165) is 28.2 Å². The molecule has 1 aliphatic carbocycles. The molecule has 0 spiro atoms. The third kappa shape index (κ3) is 1.93. The number of hydrogen-bond acceptors (Lipinski definition) is 4. The van der Waals surface area contributed by atoms with Crippen molar-refractivity contribution in [2.45, 2.75) is 18.9 Å². The minimum absolute atomic E-state index is 0.523. The molecule has 2 N–H and O–H groups in total. The van der Waals surface area contributed by atoms with E-state index in [4.69, 9.17) is 15.5 Å². The zero-order chi connectivity index (χ0) is 14.4. The van der Waals surface area contributed by atoms with Gasteiger partial charge < -0.3 is 15.0 Å². The number of methoxy groups -OCH3 is 1. The fraction of sp³-hybridized carbons (Fsp3) is 0.250. The maximum absolute atomic E-state index is 5.85. The second kappa shape index (κ2) is 4.48. The first-order chi connectivity index (χ1) is 10.3. The minimum atomic E-state index is 0.523. The number of nitrogens with zero attached hydrogens (tertiary/aromatic N) is 3. The fourth-order valence-corrected chi connectivity index (χ4v) is 2.74. The van der Waals surface area contributed by atoms with Crippen LogP contribution < -0.4 is 10.5 Å². The lowest BCUT2D eigenvalue weighted by atomic mass is 10.1. The summed E-state index contributed by atoms with van der Waals surface area (Å²) in [6, 6.07) is 8.24. The van der Waals surface area contributed by atoms with Gasteiger partial charge in [0, 0.05) is 24.0 Å². The average molecular weight is 280 g/mol. The van der Waals surface area contributed by atoms with Crippen molar-refractivity contribution < 1.29 is 4.74 Å². The van der Waals surface area contributed by atoms with Gasteiger partial charge in [0.15, 0.2) is 0 Å². The van der Waals surface area contributed by atoms with E-state index in [1.165, 1.54) is 12.8 Å². The van der Waals surface area contributed by atoms with Crippen molar-refractivity contribution in [1.82, 2.24) is 14.5 Å². The number of nitrogen functional groups attached to an aromatic ring is 1. The Hall–Kier alpha value is -2.56. The van der Waals surface area contributed by atoms with Crippen LogP contribution in [-0.4, -0.2) is 21.6 Å². The number of anilines is 1. The van der Waals surface area contributed by atoms with Gasteiger partial charge in [-0.25, -0.2) is 4.98 Å². The highest BCUT2D eigenvalue weighted by Crippen LogP contribution is 2.43. The highest BCUT2D eigenvalue weighted by Gasteiger charge is 2.29. The monoisotopic (exact) mass is 280 g/mol. The van der Waals surface area contributed by atoms with Crippen molar-refractivity contribution in [3.63, 3.8) is 0 Å². The van der Waals surface area contributed by atoms with Crippen molar-refractivity contribution >= 4 is 16.7 Å². The number of ether oxygens (including phenoxy) is 1. The zero-order valence-corrected chi connectivity index (χ0v) is 11.8. The number of fused-ring (bicyclic) bond motifs is 1. The summed E-state index contributed by atoms with van der Waals surface area (Å²) >= 11 is 0. The predicted molar refractivity (Wildman–Crippen MR) is 82.2 cm³/mol. The molecule has 5 nitrogen and oxygen atoms in total. The molecule has 5 heteroatoms. The molecule has 21 heavy (non-hydrogen) atoms. The fourth-order valence-electron chi connectivity index (χ4n) is 2.74. The highest BCUT2D eigenvalue weighted by atomic mass is 16.5. The molecule has 0 atom stereocenters. The van der Waals surface area contributed by atoms with E-state index in [-0.39, 0.29) is 0 Å². The highest BCUT2D eigenvalue weighted by molar-refractivity contribution is 5.82. The number of benzene rings is 1. The van der Waals surface area contributed by atoms with E-state index in [1.807, 2.05) is 36.7 Å². The van der Waals surface area contributed by atoms with E-state index < -0.39 is 0 Å². The third-order valence-corrected chi connectivity index (χ3v) is 3.87. The van der Waals surface area contributed by atoms with Crippen LogP contribution in [0.15, 0.2) is 36.7 Å². The van der Waals surface area contributed by atoms with Gasteiger partial charge in [-0.2, -0.15) is 0 Å². The molecule has 1 aliphatic rings. The molecule has 1 saturated carbocycles. The molecule has 0 bridgehead atoms. The van der Waals surface area contributed by atoms with Crippen LogP contribution >= 0.6 is 0 Å². The lowest BCUT2D eigenvalue weighted by molar-refractivity contribution is 0.416. The van der Waals surface area contributed by atoms with Gasteiger partial charge >= 0.3 is 0 Å². The number of pyridine rings is 1. The molecule has 1 aromatic carbocycles. The Morgan fingerprint density at radius 3 is 2.90 bits per heavy atom. The summed E-state index contributed by atoms with van der Waals surface area (Å²) in [5, 5.41) is 0. The summed E-state index contributed by atoms with van der Waals surface area (Å²) in [7, 11) is 1.66. The largest absolute Gasteiger partial charge is 0.496 e. The summed E-state index contributed by atoms with van der Waals surface area (Å²) in [5.41, 5.74) is 9.54. The quantitative estimate of drug-likeness (QED) is 0.749. The minimum Gasteiger partial charge on any atom is -0.496 e. The molecule has 0 aliphatic heterocycles. The maximum atomic E-state index is 5.85. The van der Waals surface area contributed by atoms with Gasteiger partial charge in [-0.3, -0.25) is 4.98 Å². The van der Waals surface area contributed by atoms with E-state index >= 15 is 0 Å². The summed E-state index contributed by atoms with van der Waals surface area (Å²) in [6.07, 6.45) is 6.00. The molecule has 1 fully saturated rings. The van der Waals surface area contributed by atoms with Crippen LogP contribution in [0.2, 0.25) is 0 Å². The van der Waals surface area contributed by atoms with Crippen LogP contribution in [0, 0.1) is 0 Å². The van der Waals surface area contributed by atoms with E-state index in [9.17, 15) is 0 Å². The first kappa shape index (κ1) is 12.2. The molecule has 0 saturated heterocycles. The number of imidazole rings is 1. The van der Waals surface area contributed by atoms with Crippen LogP contribution in [0.3, 0.4) is 0 Å². The molecule has 0 unspecified atom stereocenters. The van der Waals surface area contributed by atoms with E-state index in [2.05, 4.69) is 9.55 Å². The standard InChI is InChI=1S/C16H16N4O/c1-21-15-8-10(17)2-5-12(15)16-19-13-9-18-7-6-14(13)20(16)11-3-4-11/h2,5-9,11H,3-4,17H2,1H3. The average Bonchev–Trinajstić information content (AvgIpc) is 3.27. The maximum Gasteiger partial charge on any atom is 0.145 e. The Balaban J connectivity index is 2.00. The zero-order valence-electron chi connectivity index (χ0n) is 11.8. The van der Waals surface area contributed by atoms with Gasteiger partial charge in [0.25, 0.3) is 0 Å². The second-order valence-electron chi connectivity index (χ2n) is 5.36. The van der Waals surface area contributed by atoms with Crippen LogP contribution in [0.1, 0.15) is 18.9 Å². The number of nitrogens with two attached hydrogens (primary N) is 1. The van der Waals surface area contributed by atoms with E-state index in [1.54, 1.807) is 7.11 Å². The van der Waals surface area contributed by atoms with Crippen molar-refractivity contribution in [2.24, 2.45) is 0 Å². The summed E-state index contributed by atoms with van der Waals surface area (Å²) in [6.45, 7) is 0. The van der Waals surface area contributed by atoms with Gasteiger partial charge in [0.05, 0.1) is 24.4 Å². The van der Waals surface area contributed by atoms with Crippen molar-refractivity contribution in [3.8, 4) is 17.1 Å². The Morgan fingerprint density at radius 2 is 2.14 bits per heavy atom. The summed E-state index contributed by atoms with van der Waals surface area (Å²) in [5.74, 6) is 1.68. The Morgan fingerprint density at radius 1 is 1.29 bits per heavy atom. The molecule has 2 aromatic heterocycles. The molecule has 4 rings (SSSR count). The molecule has 0 radical (unpaired) electrons. The van der Waals surface area contributed by atoms with Crippen LogP contribution in [0.25, 0.3) is 22.4 Å². The molecule has 2 heterocycles. The van der Waals surface area contributed by atoms with Crippen molar-refractivity contribution in [1.29, 1.82) is 0 Å². The summed E-state index contributed by atoms with van der Waals surface area (Å²) in [4.78, 5) is 8.93. The number of rotatable bonds is 3. The topological polar surface area (TPSA) is 66.0 Å². The molecule has 106 valence electrons. The Bertz CT molecular complexity index is 820. The van der Waals surface area contributed by atoms with Gasteiger partial charge in [-0.15, -0.1) is 0 Å². The number of hydrogen-bond donors (Lipinski definition) is 1. The third-order valence-electron chi connectivity index (χ3n) is 3.87. The normalized spacial score (nSPS) is 14.5. The molecular formula is C16H16N4O. The van der Waals surface area contributed by atoms with Crippen LogP contribution in [0.4, 0.5) is 5.69 Å². The SMILES string of the molecule is COc1cc(N)ccc1-c1nc2cnccc2n1C1CC1. The van der Waals surface area contributed by atoms with Crippen LogP contribution in [0.5, 0.6) is 5.75 Å². The molecular weight excluding hydrogens is 264 g/mol. The Labute approximate surface area is 122 Å². The van der Waals surface area contributed by atoms with Crippen molar-refractivity contribution in [3.05, 3.63) is 36.7 Å². The lowest BCUT2D eigenvalue weighted by Gasteiger charge is -2.11. The van der Waals surface area contributed by atoms with Gasteiger partial charge in [-0.1, -0.05) is 0 Å². The first-order valence-electron chi connectivity index (χ1n) is 7.04. The smallest absolute Gasteiger partial charge is 0.145 e. The van der Waals surface area contributed by atoms with Crippen LogP contribution in [-0.2, 0) is 0 Å². The van der Waals surface area contributed by atoms with Gasteiger partial charge in [-0.05, 0) is 31.0 Å². The van der Waals surface area contributed by atoms with E-state index in [0.29, 0.717) is 11.7 Å². The molecule has 0 amide bonds. The predicted octanol–water partition coefficient (Wildman–Crippen LogP) is 3.02. The lowest BCUT2D eigenvalue weighted by Crippen LogP contribution is -1.99. The number of aromatic nitrogens is 3. The van der Waals surface area contributed by atoms with Gasteiger partial charge in [0.2, 0.25) is 0 Å². The molecule has 3 aromatic rings. The second-order valence-corrected chi connectivity index (χ2v) is 5.36. The summed E-state index contributed by atoms with van der Waals surface area (Å²) < 4.78 is 7.78. The van der Waals surface area contributed by atoms with Crippen molar-refractivity contribution in [2.75, 3.05) is 12.8 Å². The first-order valence-corrected chi connectivity index (χ1v) is 7.04. The van der Waals surface area contributed by atoms with Gasteiger partial charge in [0.1, 0.15) is 17.1 Å².